The Kier molecular flexibility index (Phi) is 5.40. The van der Waals surface area contributed by atoms with Crippen LogP contribution in [0.3, 0.4) is 0 Å². The first kappa shape index (κ1) is 17.9. The van der Waals surface area contributed by atoms with E-state index in [9.17, 15) is 9.59 Å². The van der Waals surface area contributed by atoms with E-state index in [4.69, 9.17) is 0 Å². The molecule has 1 aromatic carbocycles. The summed E-state index contributed by atoms with van der Waals surface area (Å²) in [4.78, 5) is 26.9. The lowest BCUT2D eigenvalue weighted by molar-refractivity contribution is -0.134. The first-order chi connectivity index (χ1) is 10.7. The van der Waals surface area contributed by atoms with Crippen LogP contribution < -0.4 is 5.32 Å². The van der Waals surface area contributed by atoms with Gasteiger partial charge in [-0.1, -0.05) is 20.8 Å². The van der Waals surface area contributed by atoms with E-state index in [0.29, 0.717) is 6.54 Å². The zero-order valence-electron chi connectivity index (χ0n) is 14.6. The van der Waals surface area contributed by atoms with Crippen molar-refractivity contribution in [3.63, 3.8) is 0 Å². The number of anilines is 1. The molecule has 1 saturated heterocycles. The van der Waals surface area contributed by atoms with Crippen LogP contribution in [0.5, 0.6) is 0 Å². The molecule has 1 heterocycles. The smallest absolute Gasteiger partial charge is 0.247 e. The lowest BCUT2D eigenvalue weighted by atomic mass is 10.1. The van der Waals surface area contributed by atoms with E-state index in [-0.39, 0.29) is 22.6 Å². The quantitative estimate of drug-likeness (QED) is 0.855. The van der Waals surface area contributed by atoms with Crippen molar-refractivity contribution < 1.29 is 9.59 Å². The van der Waals surface area contributed by atoms with Crippen LogP contribution in [-0.4, -0.2) is 34.0 Å². The van der Waals surface area contributed by atoms with Gasteiger partial charge in [0, 0.05) is 28.8 Å². The summed E-state index contributed by atoms with van der Waals surface area (Å²) >= 11 is 1.81. The maximum atomic E-state index is 12.5. The number of rotatable bonds is 3. The van der Waals surface area contributed by atoms with Crippen molar-refractivity contribution in [2.75, 3.05) is 11.9 Å². The number of nitrogens with zero attached hydrogens (tertiary/aromatic N) is 1. The Bertz CT molecular complexity index is 608. The Morgan fingerprint density at radius 3 is 2.57 bits per heavy atom. The molecule has 2 amide bonds. The van der Waals surface area contributed by atoms with Gasteiger partial charge in [0.15, 0.2) is 0 Å². The third-order valence-electron chi connectivity index (χ3n) is 3.84. The van der Waals surface area contributed by atoms with E-state index in [1.165, 1.54) is 11.8 Å². The van der Waals surface area contributed by atoms with E-state index in [0.717, 1.165) is 24.1 Å². The number of hydrogen-bond acceptors (Lipinski definition) is 3. The van der Waals surface area contributed by atoms with Crippen LogP contribution in [0, 0.1) is 6.92 Å². The van der Waals surface area contributed by atoms with Crippen LogP contribution in [0.25, 0.3) is 0 Å². The monoisotopic (exact) mass is 334 g/mol. The minimum absolute atomic E-state index is 0.0312. The topological polar surface area (TPSA) is 49.4 Å². The number of benzene rings is 1. The molecule has 1 fully saturated rings. The zero-order valence-corrected chi connectivity index (χ0v) is 15.4. The van der Waals surface area contributed by atoms with Crippen molar-refractivity contribution in [3.05, 3.63) is 23.8 Å². The number of likely N-dealkylation sites (tertiary alicyclic amines) is 1. The van der Waals surface area contributed by atoms with Crippen LogP contribution in [0.15, 0.2) is 23.1 Å². The highest BCUT2D eigenvalue weighted by Crippen LogP contribution is 2.33. The van der Waals surface area contributed by atoms with Crippen LogP contribution in [0.2, 0.25) is 0 Å². The normalized spacial score (nSPS) is 18.1. The molecule has 0 saturated carbocycles. The average molecular weight is 334 g/mol. The number of amides is 2. The Labute approximate surface area is 143 Å². The second-order valence-corrected chi connectivity index (χ2v) is 8.95. The minimum atomic E-state index is -0.337. The second-order valence-electron chi connectivity index (χ2n) is 7.05. The zero-order chi connectivity index (χ0) is 17.2. The molecule has 0 aromatic heterocycles. The van der Waals surface area contributed by atoms with Gasteiger partial charge in [-0.3, -0.25) is 9.59 Å². The van der Waals surface area contributed by atoms with Crippen LogP contribution in [0.4, 0.5) is 5.69 Å². The van der Waals surface area contributed by atoms with Gasteiger partial charge in [-0.15, -0.1) is 11.8 Å². The molecule has 126 valence electrons. The van der Waals surface area contributed by atoms with Crippen LogP contribution in [0.1, 0.15) is 46.1 Å². The van der Waals surface area contributed by atoms with Gasteiger partial charge in [-0.25, -0.2) is 0 Å². The predicted octanol–water partition coefficient (Wildman–Crippen LogP) is 3.84. The Morgan fingerprint density at radius 2 is 2.00 bits per heavy atom. The van der Waals surface area contributed by atoms with E-state index >= 15 is 0 Å². The highest BCUT2D eigenvalue weighted by Gasteiger charge is 2.32. The first-order valence-electron chi connectivity index (χ1n) is 8.05. The van der Waals surface area contributed by atoms with E-state index in [1.807, 2.05) is 19.1 Å². The molecule has 0 spiro atoms. The number of carbonyl (C=O) groups is 2. The van der Waals surface area contributed by atoms with E-state index in [1.54, 1.807) is 16.7 Å². The SMILES string of the molecule is CC(=O)N1CCC[C@H]1C(=O)Nc1ccc(SC(C)(C)C)cc1C. The fourth-order valence-electron chi connectivity index (χ4n) is 2.83. The van der Waals surface area contributed by atoms with E-state index in [2.05, 4.69) is 32.2 Å². The number of nitrogens with one attached hydrogen (secondary N) is 1. The van der Waals surface area contributed by atoms with E-state index < -0.39 is 0 Å². The highest BCUT2D eigenvalue weighted by atomic mass is 32.2. The first-order valence-corrected chi connectivity index (χ1v) is 8.87. The maximum Gasteiger partial charge on any atom is 0.247 e. The standard InChI is InChI=1S/C18H26N2O2S/c1-12-11-14(23-18(3,4)5)8-9-15(12)19-17(22)16-7-6-10-20(16)13(2)21/h8-9,11,16H,6-7,10H2,1-5H3,(H,19,22)/t16-/m0/s1. The molecule has 2 rings (SSSR count). The minimum Gasteiger partial charge on any atom is -0.331 e. The van der Waals surface area contributed by atoms with Gasteiger partial charge in [0.1, 0.15) is 6.04 Å². The largest absolute Gasteiger partial charge is 0.331 e. The number of aryl methyl sites for hydroxylation is 1. The Hall–Kier alpha value is -1.49. The summed E-state index contributed by atoms with van der Waals surface area (Å²) in [6.45, 7) is 10.7. The summed E-state index contributed by atoms with van der Waals surface area (Å²) in [6, 6.07) is 5.75. The van der Waals surface area contributed by atoms with Crippen LogP contribution in [-0.2, 0) is 9.59 Å². The summed E-state index contributed by atoms with van der Waals surface area (Å²) in [6.07, 6.45) is 1.63. The lowest BCUT2D eigenvalue weighted by Crippen LogP contribution is -2.42. The summed E-state index contributed by atoms with van der Waals surface area (Å²) in [5.41, 5.74) is 1.86. The summed E-state index contributed by atoms with van der Waals surface area (Å²) < 4.78 is 0.156. The maximum absolute atomic E-state index is 12.5. The summed E-state index contributed by atoms with van der Waals surface area (Å²) in [5, 5.41) is 2.98. The molecule has 1 aliphatic heterocycles. The third kappa shape index (κ3) is 4.74. The molecule has 4 nitrogen and oxygen atoms in total. The molecule has 0 bridgehead atoms. The second kappa shape index (κ2) is 6.95. The van der Waals surface area contributed by atoms with Crippen molar-refractivity contribution in [2.24, 2.45) is 0 Å². The molecule has 0 unspecified atom stereocenters. The van der Waals surface area contributed by atoms with Gasteiger partial charge in [0.2, 0.25) is 11.8 Å². The van der Waals surface area contributed by atoms with Crippen molar-refractivity contribution in [1.82, 2.24) is 4.90 Å². The fourth-order valence-corrected chi connectivity index (χ4v) is 3.90. The number of carbonyl (C=O) groups excluding carboxylic acids is 2. The Balaban J connectivity index is 2.08. The molecule has 5 heteroatoms. The molecule has 1 aromatic rings. The molecule has 1 aliphatic rings. The molecule has 0 radical (unpaired) electrons. The number of thioether (sulfide) groups is 1. The molecule has 0 aliphatic carbocycles. The van der Waals surface area contributed by atoms with Gasteiger partial charge in [0.05, 0.1) is 0 Å². The molecule has 1 atom stereocenters. The van der Waals surface area contributed by atoms with Crippen molar-refractivity contribution in [2.45, 2.75) is 63.1 Å². The molecular formula is C18H26N2O2S. The highest BCUT2D eigenvalue weighted by molar-refractivity contribution is 8.00. The van der Waals surface area contributed by atoms with Crippen molar-refractivity contribution in [1.29, 1.82) is 0 Å². The average Bonchev–Trinajstić information content (AvgIpc) is 2.89. The molecule has 23 heavy (non-hydrogen) atoms. The van der Waals surface area contributed by atoms with Gasteiger partial charge < -0.3 is 10.2 Å². The third-order valence-corrected chi connectivity index (χ3v) is 4.94. The van der Waals surface area contributed by atoms with Crippen LogP contribution >= 0.6 is 11.8 Å². The Morgan fingerprint density at radius 1 is 1.30 bits per heavy atom. The molecular weight excluding hydrogens is 308 g/mol. The van der Waals surface area contributed by atoms with Gasteiger partial charge in [0.25, 0.3) is 0 Å². The van der Waals surface area contributed by atoms with Gasteiger partial charge in [-0.05, 0) is 43.5 Å². The summed E-state index contributed by atoms with van der Waals surface area (Å²) in [5.74, 6) is -0.117. The lowest BCUT2D eigenvalue weighted by Gasteiger charge is -2.23. The number of hydrogen-bond donors (Lipinski definition) is 1. The van der Waals surface area contributed by atoms with Gasteiger partial charge in [-0.2, -0.15) is 0 Å². The van der Waals surface area contributed by atoms with Crippen molar-refractivity contribution >= 4 is 29.3 Å². The van der Waals surface area contributed by atoms with Crippen molar-refractivity contribution in [3.8, 4) is 0 Å². The summed E-state index contributed by atoms with van der Waals surface area (Å²) in [7, 11) is 0. The fraction of sp³-hybridized carbons (Fsp3) is 0.556. The van der Waals surface area contributed by atoms with Gasteiger partial charge >= 0.3 is 0 Å². The predicted molar refractivity (Wildman–Crippen MR) is 95.8 cm³/mol. The molecule has 1 N–H and O–H groups in total.